The summed E-state index contributed by atoms with van der Waals surface area (Å²) in [6.45, 7) is 4.88. The first-order chi connectivity index (χ1) is 13.5. The van der Waals surface area contributed by atoms with Gasteiger partial charge in [-0.15, -0.1) is 22.7 Å². The third kappa shape index (κ3) is 4.05. The summed E-state index contributed by atoms with van der Waals surface area (Å²) in [6.07, 6.45) is 1.57. The van der Waals surface area contributed by atoms with Crippen LogP contribution in [0.4, 0.5) is 15.3 Å². The highest BCUT2D eigenvalue weighted by molar-refractivity contribution is 7.16. The SMILES string of the molecule is Cc1nc(C)c(-c2csc(Nc3ccc(C(=O)N4CCC(F)CC4)cn3)n2)s1. The van der Waals surface area contributed by atoms with Crippen LogP contribution in [0.3, 0.4) is 0 Å². The van der Waals surface area contributed by atoms with Crippen LogP contribution >= 0.6 is 22.7 Å². The van der Waals surface area contributed by atoms with E-state index in [4.69, 9.17) is 0 Å². The number of halogens is 1. The Labute approximate surface area is 170 Å². The van der Waals surface area contributed by atoms with Gasteiger partial charge >= 0.3 is 0 Å². The molecule has 0 unspecified atom stereocenters. The first-order valence-electron chi connectivity index (χ1n) is 9.06. The molecule has 4 heterocycles. The van der Waals surface area contributed by atoms with Crippen LogP contribution in [-0.4, -0.2) is 45.0 Å². The molecule has 0 aromatic carbocycles. The monoisotopic (exact) mass is 417 g/mol. The fourth-order valence-corrected chi connectivity index (χ4v) is 4.81. The van der Waals surface area contributed by atoms with E-state index in [1.807, 2.05) is 19.2 Å². The van der Waals surface area contributed by atoms with E-state index in [1.165, 1.54) is 11.3 Å². The van der Waals surface area contributed by atoms with E-state index in [0.717, 1.165) is 26.4 Å². The molecule has 9 heteroatoms. The highest BCUT2D eigenvalue weighted by Crippen LogP contribution is 2.32. The average molecular weight is 418 g/mol. The number of carbonyl (C=O) groups excluding carboxylic acids is 1. The third-order valence-electron chi connectivity index (χ3n) is 4.60. The van der Waals surface area contributed by atoms with Crippen LogP contribution in [0.2, 0.25) is 0 Å². The molecule has 0 atom stereocenters. The first kappa shape index (κ1) is 18.9. The van der Waals surface area contributed by atoms with Gasteiger partial charge in [-0.05, 0) is 38.8 Å². The Morgan fingerprint density at radius 1 is 1.25 bits per heavy atom. The molecule has 1 saturated heterocycles. The van der Waals surface area contributed by atoms with Gasteiger partial charge in [-0.3, -0.25) is 4.79 Å². The summed E-state index contributed by atoms with van der Waals surface area (Å²) < 4.78 is 13.2. The number of thiazole rings is 2. The Morgan fingerprint density at radius 3 is 2.68 bits per heavy atom. The second kappa shape index (κ2) is 7.92. The fraction of sp³-hybridized carbons (Fsp3) is 0.368. The van der Waals surface area contributed by atoms with Gasteiger partial charge in [-0.1, -0.05) is 0 Å². The lowest BCUT2D eigenvalue weighted by molar-refractivity contribution is 0.0666. The van der Waals surface area contributed by atoms with E-state index in [-0.39, 0.29) is 5.91 Å². The summed E-state index contributed by atoms with van der Waals surface area (Å²) in [5.74, 6) is 0.524. The minimum atomic E-state index is -0.797. The minimum absolute atomic E-state index is 0.0986. The lowest BCUT2D eigenvalue weighted by Gasteiger charge is -2.28. The molecule has 1 aliphatic rings. The first-order valence-corrected chi connectivity index (χ1v) is 10.8. The predicted molar refractivity (Wildman–Crippen MR) is 110 cm³/mol. The zero-order valence-electron chi connectivity index (χ0n) is 15.6. The molecule has 146 valence electrons. The number of hydrogen-bond donors (Lipinski definition) is 1. The molecule has 3 aromatic heterocycles. The summed E-state index contributed by atoms with van der Waals surface area (Å²) in [6, 6.07) is 3.50. The van der Waals surface area contributed by atoms with E-state index >= 15 is 0 Å². The number of carbonyl (C=O) groups is 1. The predicted octanol–water partition coefficient (Wildman–Crippen LogP) is 4.60. The Balaban J connectivity index is 1.42. The molecule has 1 N–H and O–H groups in total. The van der Waals surface area contributed by atoms with E-state index in [0.29, 0.717) is 37.3 Å². The van der Waals surface area contributed by atoms with Gasteiger partial charge in [0, 0.05) is 24.7 Å². The van der Waals surface area contributed by atoms with E-state index in [2.05, 4.69) is 20.3 Å². The Morgan fingerprint density at radius 2 is 2.04 bits per heavy atom. The quantitative estimate of drug-likeness (QED) is 0.672. The maximum absolute atomic E-state index is 13.2. The number of aryl methyl sites for hydroxylation is 2. The van der Waals surface area contributed by atoms with Gasteiger partial charge in [-0.2, -0.15) is 0 Å². The number of alkyl halides is 1. The zero-order valence-corrected chi connectivity index (χ0v) is 17.2. The van der Waals surface area contributed by atoms with Crippen molar-refractivity contribution in [3.8, 4) is 10.6 Å². The van der Waals surface area contributed by atoms with Crippen molar-refractivity contribution in [1.29, 1.82) is 0 Å². The van der Waals surface area contributed by atoms with E-state index in [9.17, 15) is 9.18 Å². The highest BCUT2D eigenvalue weighted by Gasteiger charge is 2.23. The van der Waals surface area contributed by atoms with Crippen LogP contribution in [0, 0.1) is 13.8 Å². The van der Waals surface area contributed by atoms with Crippen LogP contribution in [0.25, 0.3) is 10.6 Å². The molecule has 0 aliphatic carbocycles. The molecular formula is C19H20FN5OS2. The lowest BCUT2D eigenvalue weighted by Crippen LogP contribution is -2.39. The van der Waals surface area contributed by atoms with Crippen LogP contribution in [0.1, 0.15) is 33.9 Å². The van der Waals surface area contributed by atoms with Crippen molar-refractivity contribution in [2.24, 2.45) is 0 Å². The number of piperidine rings is 1. The molecule has 0 saturated carbocycles. The fourth-order valence-electron chi connectivity index (χ4n) is 3.14. The number of anilines is 2. The molecule has 0 spiro atoms. The molecule has 1 aliphatic heterocycles. The smallest absolute Gasteiger partial charge is 0.255 e. The number of pyridine rings is 1. The molecule has 3 aromatic rings. The Hall–Kier alpha value is -2.39. The van der Waals surface area contributed by atoms with Gasteiger partial charge in [0.05, 0.1) is 26.8 Å². The molecular weight excluding hydrogens is 397 g/mol. The number of rotatable bonds is 4. The summed E-state index contributed by atoms with van der Waals surface area (Å²) in [5, 5.41) is 6.93. The molecule has 1 amide bonds. The zero-order chi connectivity index (χ0) is 19.7. The summed E-state index contributed by atoms with van der Waals surface area (Å²) in [7, 11) is 0. The van der Waals surface area contributed by atoms with Crippen molar-refractivity contribution >= 4 is 39.5 Å². The molecule has 0 bridgehead atoms. The largest absolute Gasteiger partial charge is 0.338 e. The Kier molecular flexibility index (Phi) is 5.36. The van der Waals surface area contributed by atoms with Gasteiger partial charge in [-0.25, -0.2) is 19.3 Å². The number of nitrogens with one attached hydrogen (secondary N) is 1. The van der Waals surface area contributed by atoms with Crippen molar-refractivity contribution in [3.63, 3.8) is 0 Å². The summed E-state index contributed by atoms with van der Waals surface area (Å²) >= 11 is 3.13. The van der Waals surface area contributed by atoms with Gasteiger partial charge in [0.1, 0.15) is 12.0 Å². The summed E-state index contributed by atoms with van der Waals surface area (Å²) in [5.41, 5.74) is 2.40. The van der Waals surface area contributed by atoms with Crippen LogP contribution < -0.4 is 5.32 Å². The molecule has 1 fully saturated rings. The molecule has 28 heavy (non-hydrogen) atoms. The molecule has 6 nitrogen and oxygen atoms in total. The van der Waals surface area contributed by atoms with Crippen molar-refractivity contribution in [3.05, 3.63) is 40.0 Å². The number of nitrogens with zero attached hydrogens (tertiary/aromatic N) is 4. The van der Waals surface area contributed by atoms with Crippen LogP contribution in [0.15, 0.2) is 23.7 Å². The van der Waals surface area contributed by atoms with Crippen LogP contribution in [0.5, 0.6) is 0 Å². The topological polar surface area (TPSA) is 71.0 Å². The van der Waals surface area contributed by atoms with Crippen molar-refractivity contribution in [2.75, 3.05) is 18.4 Å². The van der Waals surface area contributed by atoms with Gasteiger partial charge in [0.25, 0.3) is 5.91 Å². The number of hydrogen-bond acceptors (Lipinski definition) is 7. The van der Waals surface area contributed by atoms with Crippen molar-refractivity contribution < 1.29 is 9.18 Å². The minimum Gasteiger partial charge on any atom is -0.338 e. The standard InChI is InChI=1S/C19H20FN5OS2/c1-11-17(28-12(2)22-11)15-10-27-19(23-15)24-16-4-3-13(9-21-16)18(26)25-7-5-14(20)6-8-25/h3-4,9-10,14H,5-8H2,1-2H3,(H,21,23,24). The lowest BCUT2D eigenvalue weighted by atomic mass is 10.1. The maximum atomic E-state index is 13.2. The van der Waals surface area contributed by atoms with Crippen LogP contribution in [-0.2, 0) is 0 Å². The molecule has 4 rings (SSSR count). The summed E-state index contributed by atoms with van der Waals surface area (Å²) in [4.78, 5) is 28.7. The number of likely N-dealkylation sites (tertiary alicyclic amines) is 1. The van der Waals surface area contributed by atoms with Gasteiger partial charge in [0.2, 0.25) is 0 Å². The number of amides is 1. The van der Waals surface area contributed by atoms with Gasteiger partial charge in [0.15, 0.2) is 5.13 Å². The average Bonchev–Trinajstić information content (AvgIpc) is 3.28. The maximum Gasteiger partial charge on any atom is 0.255 e. The van der Waals surface area contributed by atoms with Gasteiger partial charge < -0.3 is 10.2 Å². The normalized spacial score (nSPS) is 15.0. The second-order valence-corrected chi connectivity index (χ2v) is 8.77. The van der Waals surface area contributed by atoms with Crippen molar-refractivity contribution in [1.82, 2.24) is 19.9 Å². The van der Waals surface area contributed by atoms with E-state index in [1.54, 1.807) is 34.6 Å². The van der Waals surface area contributed by atoms with E-state index < -0.39 is 6.17 Å². The Bertz CT molecular complexity index is 977. The van der Waals surface area contributed by atoms with Crippen molar-refractivity contribution in [2.45, 2.75) is 32.9 Å². The molecule has 0 radical (unpaired) electrons. The second-order valence-electron chi connectivity index (χ2n) is 6.71. The highest BCUT2D eigenvalue weighted by atomic mass is 32.1. The third-order valence-corrected chi connectivity index (χ3v) is 6.45. The number of aromatic nitrogens is 3.